The lowest BCUT2D eigenvalue weighted by Crippen LogP contribution is -2.11. The topological polar surface area (TPSA) is 118 Å². The van der Waals surface area contributed by atoms with Crippen LogP contribution in [-0.4, -0.2) is 43.4 Å². The van der Waals surface area contributed by atoms with Crippen LogP contribution >= 0.6 is 0 Å². The summed E-state index contributed by atoms with van der Waals surface area (Å²) in [5.74, 6) is -1.76. The van der Waals surface area contributed by atoms with Gasteiger partial charge in [0.15, 0.2) is 9.84 Å². The molecule has 0 aliphatic heterocycles. The Balaban J connectivity index is 2.17. The Morgan fingerprint density at radius 1 is 1.00 bits per heavy atom. The standard InChI is InChI=1S/C22H24O7S/c1-13-9-17(19(22(25)26)11-16(13)21(23)24)18-10-15(30(2,27)28)7-8-20(18)29-12-14-5-3-4-6-14/h7-11,14H,3-6,12H2,1-2H3,(H,23,24)(H,25,26). The minimum atomic E-state index is -3.54. The first-order valence-corrected chi connectivity index (χ1v) is 11.6. The molecule has 0 radical (unpaired) electrons. The fraction of sp³-hybridized carbons (Fsp3) is 0.364. The minimum absolute atomic E-state index is 0.0296. The number of aryl methyl sites for hydroxylation is 1. The SMILES string of the molecule is Cc1cc(-c2cc(S(C)(=O)=O)ccc2OCC2CCCC2)c(C(=O)O)cc1C(=O)O. The van der Waals surface area contributed by atoms with Gasteiger partial charge in [0.05, 0.1) is 22.6 Å². The Bertz CT molecular complexity index is 1100. The van der Waals surface area contributed by atoms with Gasteiger partial charge in [-0.3, -0.25) is 0 Å². The molecule has 0 aromatic heterocycles. The summed E-state index contributed by atoms with van der Waals surface area (Å²) in [4.78, 5) is 23.4. The lowest BCUT2D eigenvalue weighted by molar-refractivity contribution is 0.0695. The second-order valence-corrected chi connectivity index (χ2v) is 9.73. The molecule has 1 aliphatic rings. The summed E-state index contributed by atoms with van der Waals surface area (Å²) in [6.45, 7) is 2.03. The number of hydrogen-bond acceptors (Lipinski definition) is 5. The monoisotopic (exact) mass is 432 g/mol. The van der Waals surface area contributed by atoms with Gasteiger partial charge in [0.2, 0.25) is 0 Å². The van der Waals surface area contributed by atoms with E-state index < -0.39 is 21.8 Å². The predicted octanol–water partition coefficient (Wildman–Crippen LogP) is 4.03. The van der Waals surface area contributed by atoms with Crippen LogP contribution in [0.5, 0.6) is 5.75 Å². The normalized spacial score (nSPS) is 14.6. The number of sulfone groups is 1. The first-order chi connectivity index (χ1) is 14.1. The van der Waals surface area contributed by atoms with E-state index in [2.05, 4.69) is 0 Å². The maximum absolute atomic E-state index is 12.1. The van der Waals surface area contributed by atoms with Gasteiger partial charge in [0, 0.05) is 17.4 Å². The van der Waals surface area contributed by atoms with E-state index in [1.54, 1.807) is 6.92 Å². The molecule has 0 bridgehead atoms. The van der Waals surface area contributed by atoms with Gasteiger partial charge in [0.1, 0.15) is 5.75 Å². The molecule has 0 heterocycles. The average molecular weight is 432 g/mol. The number of carboxylic acid groups (broad SMARTS) is 2. The van der Waals surface area contributed by atoms with Gasteiger partial charge in [0.25, 0.3) is 0 Å². The summed E-state index contributed by atoms with van der Waals surface area (Å²) in [6.07, 6.45) is 5.48. The Labute approximate surface area is 175 Å². The second kappa shape index (κ2) is 8.47. The van der Waals surface area contributed by atoms with Crippen molar-refractivity contribution in [3.8, 4) is 16.9 Å². The van der Waals surface area contributed by atoms with Crippen molar-refractivity contribution in [2.75, 3.05) is 12.9 Å². The number of hydrogen-bond donors (Lipinski definition) is 2. The van der Waals surface area contributed by atoms with Crippen molar-refractivity contribution >= 4 is 21.8 Å². The van der Waals surface area contributed by atoms with Gasteiger partial charge in [-0.05, 0) is 61.6 Å². The zero-order valence-corrected chi connectivity index (χ0v) is 17.7. The smallest absolute Gasteiger partial charge is 0.336 e. The molecule has 2 N–H and O–H groups in total. The summed E-state index contributed by atoms with van der Waals surface area (Å²) in [7, 11) is -3.54. The van der Waals surface area contributed by atoms with Gasteiger partial charge in [-0.15, -0.1) is 0 Å². The fourth-order valence-corrected chi connectivity index (χ4v) is 4.45. The van der Waals surface area contributed by atoms with Crippen molar-refractivity contribution in [3.05, 3.63) is 47.0 Å². The quantitative estimate of drug-likeness (QED) is 0.678. The number of carbonyl (C=O) groups is 2. The van der Waals surface area contributed by atoms with Gasteiger partial charge in [-0.25, -0.2) is 18.0 Å². The lowest BCUT2D eigenvalue weighted by Gasteiger charge is -2.18. The van der Waals surface area contributed by atoms with Crippen LogP contribution < -0.4 is 4.74 Å². The molecule has 160 valence electrons. The van der Waals surface area contributed by atoms with E-state index in [9.17, 15) is 28.2 Å². The van der Waals surface area contributed by atoms with E-state index in [0.717, 1.165) is 38.0 Å². The third-order valence-corrected chi connectivity index (χ3v) is 6.55. The molecule has 0 unspecified atom stereocenters. The van der Waals surface area contributed by atoms with Crippen molar-refractivity contribution < 1.29 is 33.0 Å². The van der Waals surface area contributed by atoms with Crippen LogP contribution in [0.25, 0.3) is 11.1 Å². The zero-order valence-electron chi connectivity index (χ0n) is 16.8. The van der Waals surface area contributed by atoms with Crippen LogP contribution in [0.2, 0.25) is 0 Å². The molecule has 1 saturated carbocycles. The van der Waals surface area contributed by atoms with Crippen LogP contribution in [0, 0.1) is 12.8 Å². The van der Waals surface area contributed by atoms with Gasteiger partial charge < -0.3 is 14.9 Å². The molecular weight excluding hydrogens is 408 g/mol. The summed E-state index contributed by atoms with van der Waals surface area (Å²) < 4.78 is 30.2. The Hall–Kier alpha value is -2.87. The van der Waals surface area contributed by atoms with Crippen molar-refractivity contribution in [2.45, 2.75) is 37.5 Å². The highest BCUT2D eigenvalue weighted by Crippen LogP contribution is 2.37. The first-order valence-electron chi connectivity index (χ1n) is 9.66. The van der Waals surface area contributed by atoms with E-state index in [1.807, 2.05) is 0 Å². The highest BCUT2D eigenvalue weighted by molar-refractivity contribution is 7.90. The van der Waals surface area contributed by atoms with Crippen LogP contribution in [0.4, 0.5) is 0 Å². The van der Waals surface area contributed by atoms with Crippen molar-refractivity contribution in [2.24, 2.45) is 5.92 Å². The van der Waals surface area contributed by atoms with Crippen LogP contribution in [-0.2, 0) is 9.84 Å². The third kappa shape index (κ3) is 4.64. The molecule has 7 nitrogen and oxygen atoms in total. The molecule has 1 aliphatic carbocycles. The van der Waals surface area contributed by atoms with Crippen molar-refractivity contribution in [1.29, 1.82) is 0 Å². The molecule has 30 heavy (non-hydrogen) atoms. The summed E-state index contributed by atoms with van der Waals surface area (Å²) in [6, 6.07) is 6.91. The van der Waals surface area contributed by atoms with Crippen LogP contribution in [0.15, 0.2) is 35.2 Å². The molecular formula is C22H24O7S. The Morgan fingerprint density at radius 2 is 1.63 bits per heavy atom. The number of ether oxygens (including phenoxy) is 1. The maximum Gasteiger partial charge on any atom is 0.336 e. The molecule has 8 heteroatoms. The van der Waals surface area contributed by atoms with Gasteiger partial charge >= 0.3 is 11.9 Å². The van der Waals surface area contributed by atoms with Crippen molar-refractivity contribution in [3.63, 3.8) is 0 Å². The predicted molar refractivity (Wildman–Crippen MR) is 111 cm³/mol. The molecule has 0 atom stereocenters. The zero-order chi connectivity index (χ0) is 22.1. The van der Waals surface area contributed by atoms with Gasteiger partial charge in [-0.1, -0.05) is 12.8 Å². The highest BCUT2D eigenvalue weighted by atomic mass is 32.2. The maximum atomic E-state index is 12.1. The molecule has 0 saturated heterocycles. The molecule has 1 fully saturated rings. The fourth-order valence-electron chi connectivity index (χ4n) is 3.80. The lowest BCUT2D eigenvalue weighted by atomic mass is 9.93. The van der Waals surface area contributed by atoms with Gasteiger partial charge in [-0.2, -0.15) is 0 Å². The van der Waals surface area contributed by atoms with E-state index in [0.29, 0.717) is 29.4 Å². The first kappa shape index (κ1) is 21.8. The Kier molecular flexibility index (Phi) is 6.17. The summed E-state index contributed by atoms with van der Waals surface area (Å²) in [5.41, 5.74) is 0.553. The number of rotatable bonds is 7. The largest absolute Gasteiger partial charge is 0.493 e. The summed E-state index contributed by atoms with van der Waals surface area (Å²) >= 11 is 0. The van der Waals surface area contributed by atoms with Crippen LogP contribution in [0.1, 0.15) is 52.0 Å². The van der Waals surface area contributed by atoms with E-state index in [1.165, 1.54) is 24.3 Å². The van der Waals surface area contributed by atoms with Crippen molar-refractivity contribution in [1.82, 2.24) is 0 Å². The molecule has 2 aromatic carbocycles. The second-order valence-electron chi connectivity index (χ2n) is 7.71. The molecule has 3 rings (SSSR count). The highest BCUT2D eigenvalue weighted by Gasteiger charge is 2.23. The minimum Gasteiger partial charge on any atom is -0.493 e. The molecule has 0 amide bonds. The average Bonchev–Trinajstić information content (AvgIpc) is 3.18. The summed E-state index contributed by atoms with van der Waals surface area (Å²) in [5, 5.41) is 19.0. The Morgan fingerprint density at radius 3 is 2.20 bits per heavy atom. The number of benzene rings is 2. The number of carboxylic acids is 2. The van der Waals surface area contributed by atoms with E-state index >= 15 is 0 Å². The van der Waals surface area contributed by atoms with Crippen LogP contribution in [0.3, 0.4) is 0 Å². The molecule has 0 spiro atoms. The van der Waals surface area contributed by atoms with E-state index in [-0.39, 0.29) is 21.6 Å². The third-order valence-electron chi connectivity index (χ3n) is 5.44. The molecule has 2 aromatic rings. The van der Waals surface area contributed by atoms with E-state index in [4.69, 9.17) is 4.74 Å². The number of aromatic carboxylic acids is 2.